The van der Waals surface area contributed by atoms with E-state index in [2.05, 4.69) is 0 Å². The van der Waals surface area contributed by atoms with E-state index in [1.807, 2.05) is 11.9 Å². The second kappa shape index (κ2) is 12.0. The number of carbonyl (C=O) groups excluding carboxylic acids is 2. The standard InChI is InChI=1S/C28H25Cl3F2N4O4S/c1-2-35-7-4-8-37(27(35)41)20-10-16-13-36(12-15(16)9-17(20)14-38)26(40)23-21(11-22(28(31,32)33)34-25(23)39)42-24-18(29)5-3-6-19(24)30/h3,5-6,9-11,38H,2,4,7-8,12-14H2,1H3,(H,34,39). The molecule has 3 heterocycles. The number of carbonyl (C=O) groups is 2. The maximum Gasteiger partial charge on any atom is 0.362 e. The molecule has 0 aliphatic carbocycles. The fraction of sp³-hybridized carbons (Fsp3) is 0.321. The molecule has 8 nitrogen and oxygen atoms in total. The van der Waals surface area contributed by atoms with E-state index in [1.165, 1.54) is 4.90 Å². The van der Waals surface area contributed by atoms with Gasteiger partial charge in [-0.1, -0.05) is 41.0 Å². The summed E-state index contributed by atoms with van der Waals surface area (Å²) in [6.45, 7) is 3.46. The van der Waals surface area contributed by atoms with Crippen molar-refractivity contribution >= 4 is 64.2 Å². The fourth-order valence-corrected chi connectivity index (χ4v) is 6.87. The molecule has 0 radical (unpaired) electrons. The van der Waals surface area contributed by atoms with Crippen molar-refractivity contribution in [2.75, 3.05) is 24.5 Å². The molecule has 42 heavy (non-hydrogen) atoms. The van der Waals surface area contributed by atoms with Gasteiger partial charge in [-0.05, 0) is 66.4 Å². The van der Waals surface area contributed by atoms with E-state index < -0.39 is 22.5 Å². The Morgan fingerprint density at radius 2 is 1.76 bits per heavy atom. The number of rotatable bonds is 7. The quantitative estimate of drug-likeness (QED) is 0.286. The summed E-state index contributed by atoms with van der Waals surface area (Å²) >= 11 is 18.6. The Morgan fingerprint density at radius 3 is 2.38 bits per heavy atom. The van der Waals surface area contributed by atoms with Gasteiger partial charge in [-0.3, -0.25) is 14.5 Å². The third kappa shape index (κ3) is 5.85. The highest BCUT2D eigenvalue weighted by atomic mass is 35.5. The molecule has 0 bridgehead atoms. The van der Waals surface area contributed by atoms with E-state index in [9.17, 15) is 28.3 Å². The fourth-order valence-electron chi connectivity index (χ4n) is 5.13. The van der Waals surface area contributed by atoms with Crippen molar-refractivity contribution in [1.82, 2.24) is 14.8 Å². The highest BCUT2D eigenvalue weighted by Gasteiger charge is 2.35. The van der Waals surface area contributed by atoms with Crippen LogP contribution in [0.1, 0.15) is 46.1 Å². The van der Waals surface area contributed by atoms with Gasteiger partial charge >= 0.3 is 11.4 Å². The van der Waals surface area contributed by atoms with Gasteiger partial charge in [0.1, 0.15) is 11.3 Å². The van der Waals surface area contributed by atoms with E-state index in [1.54, 1.807) is 40.1 Å². The number of hydrogen-bond donors (Lipinski definition) is 2. The first-order valence-electron chi connectivity index (χ1n) is 13.0. The van der Waals surface area contributed by atoms with E-state index >= 15 is 0 Å². The summed E-state index contributed by atoms with van der Waals surface area (Å²) in [5, 5.41) is 6.63. The van der Waals surface area contributed by atoms with Gasteiger partial charge in [-0.25, -0.2) is 4.79 Å². The van der Waals surface area contributed by atoms with Gasteiger partial charge in [0.2, 0.25) is 0 Å². The molecule has 0 unspecified atom stereocenters. The molecule has 5 rings (SSSR count). The normalized spacial score (nSPS) is 15.4. The number of nitrogens with one attached hydrogen (secondary N) is 1. The largest absolute Gasteiger partial charge is 0.392 e. The summed E-state index contributed by atoms with van der Waals surface area (Å²) in [7, 11) is 0. The number of urea groups is 1. The third-order valence-electron chi connectivity index (χ3n) is 7.21. The molecule has 1 aromatic heterocycles. The summed E-state index contributed by atoms with van der Waals surface area (Å²) in [6, 6.07) is 9.00. The van der Waals surface area contributed by atoms with Crippen molar-refractivity contribution in [1.29, 1.82) is 0 Å². The molecule has 222 valence electrons. The lowest BCUT2D eigenvalue weighted by atomic mass is 10.0. The number of pyridine rings is 1. The number of aromatic amines is 1. The second-order valence-corrected chi connectivity index (χ2v) is 12.2. The summed E-state index contributed by atoms with van der Waals surface area (Å²) in [4.78, 5) is 47.0. The Hall–Kier alpha value is -2.83. The van der Waals surface area contributed by atoms with Gasteiger partial charge in [0.15, 0.2) is 0 Å². The number of anilines is 1. The van der Waals surface area contributed by atoms with Crippen molar-refractivity contribution in [3.63, 3.8) is 0 Å². The Balaban J connectivity index is 1.51. The predicted molar refractivity (Wildman–Crippen MR) is 158 cm³/mol. The zero-order valence-electron chi connectivity index (χ0n) is 22.2. The number of aromatic nitrogens is 1. The summed E-state index contributed by atoms with van der Waals surface area (Å²) in [6.07, 6.45) is 0.766. The second-order valence-electron chi connectivity index (χ2n) is 9.84. The van der Waals surface area contributed by atoms with Crippen molar-refractivity contribution < 1.29 is 23.5 Å². The number of fused-ring (bicyclic) bond motifs is 1. The molecule has 2 N–H and O–H groups in total. The molecule has 0 saturated carbocycles. The van der Waals surface area contributed by atoms with Gasteiger partial charge in [0, 0.05) is 48.1 Å². The van der Waals surface area contributed by atoms with Crippen LogP contribution in [0.25, 0.3) is 0 Å². The highest BCUT2D eigenvalue weighted by Crippen LogP contribution is 2.42. The van der Waals surface area contributed by atoms with Gasteiger partial charge < -0.3 is 19.9 Å². The number of H-pyrrole nitrogens is 1. The average Bonchev–Trinajstić information content (AvgIpc) is 3.36. The van der Waals surface area contributed by atoms with Crippen molar-refractivity contribution in [2.45, 2.75) is 48.2 Å². The molecule has 2 aromatic carbocycles. The SMILES string of the molecule is CCN1CCCN(c2cc3c(cc2CO)CN(C(=O)c2c(Sc4c(Cl)cccc4Cl)cc(C(F)(F)Cl)[nH]c2=O)C3)C1=O. The lowest BCUT2D eigenvalue weighted by Gasteiger charge is -2.36. The molecule has 0 atom stereocenters. The van der Waals surface area contributed by atoms with Gasteiger partial charge in [-0.2, -0.15) is 8.78 Å². The van der Waals surface area contributed by atoms with Gasteiger partial charge in [0.05, 0.1) is 22.3 Å². The first-order valence-corrected chi connectivity index (χ1v) is 15.0. The first-order chi connectivity index (χ1) is 19.9. The molecular weight excluding hydrogens is 633 g/mol. The summed E-state index contributed by atoms with van der Waals surface area (Å²) < 4.78 is 28.1. The number of benzene rings is 2. The number of aliphatic hydroxyl groups is 1. The van der Waals surface area contributed by atoms with E-state index in [0.29, 0.717) is 30.9 Å². The van der Waals surface area contributed by atoms with Crippen molar-refractivity contribution in [3.8, 4) is 0 Å². The van der Waals surface area contributed by atoms with Crippen LogP contribution in [0.4, 0.5) is 19.3 Å². The minimum Gasteiger partial charge on any atom is -0.392 e. The smallest absolute Gasteiger partial charge is 0.362 e. The molecule has 14 heteroatoms. The van der Waals surface area contributed by atoms with Crippen LogP contribution in [-0.2, 0) is 25.1 Å². The first kappa shape index (κ1) is 30.6. The minimum absolute atomic E-state index is 0.0935. The minimum atomic E-state index is -3.90. The van der Waals surface area contributed by atoms with Gasteiger partial charge in [0.25, 0.3) is 11.5 Å². The maximum atomic E-state index is 14.0. The van der Waals surface area contributed by atoms with Crippen LogP contribution in [-0.4, -0.2) is 51.5 Å². The van der Waals surface area contributed by atoms with E-state index in [0.717, 1.165) is 35.4 Å². The molecular formula is C28H25Cl3F2N4O4S. The van der Waals surface area contributed by atoms with Crippen molar-refractivity contribution in [2.24, 2.45) is 0 Å². The lowest BCUT2D eigenvalue weighted by Crippen LogP contribution is -2.49. The monoisotopic (exact) mass is 656 g/mol. The van der Waals surface area contributed by atoms with Crippen LogP contribution in [0.2, 0.25) is 10.0 Å². The Morgan fingerprint density at radius 1 is 1.10 bits per heavy atom. The zero-order chi connectivity index (χ0) is 30.3. The molecule has 3 aromatic rings. The van der Waals surface area contributed by atoms with Crippen molar-refractivity contribution in [3.05, 3.63) is 84.7 Å². The number of aliphatic hydroxyl groups excluding tert-OH is 1. The van der Waals surface area contributed by atoms with Gasteiger partial charge in [-0.15, -0.1) is 0 Å². The molecule has 0 spiro atoms. The van der Waals surface area contributed by atoms with Crippen LogP contribution in [0.3, 0.4) is 0 Å². The van der Waals surface area contributed by atoms with Crippen LogP contribution in [0.15, 0.2) is 51.0 Å². The Kier molecular flexibility index (Phi) is 8.78. The number of hydrogen-bond acceptors (Lipinski definition) is 5. The number of nitrogens with zero attached hydrogens (tertiary/aromatic N) is 3. The number of alkyl halides is 3. The van der Waals surface area contributed by atoms with Crippen LogP contribution in [0, 0.1) is 0 Å². The Bertz CT molecular complexity index is 1610. The van der Waals surface area contributed by atoms with E-state index in [-0.39, 0.29) is 51.1 Å². The summed E-state index contributed by atoms with van der Waals surface area (Å²) in [5.41, 5.74) is 0.258. The molecule has 3 amide bonds. The maximum absolute atomic E-state index is 14.0. The molecule has 2 aliphatic heterocycles. The molecule has 2 aliphatic rings. The summed E-state index contributed by atoms with van der Waals surface area (Å²) in [5.74, 6) is -0.708. The predicted octanol–water partition coefficient (Wildman–Crippen LogP) is 6.42. The topological polar surface area (TPSA) is 96.9 Å². The average molecular weight is 658 g/mol. The highest BCUT2D eigenvalue weighted by molar-refractivity contribution is 7.99. The van der Waals surface area contributed by atoms with Crippen LogP contribution < -0.4 is 10.5 Å². The Labute approximate surface area is 259 Å². The van der Waals surface area contributed by atoms with Crippen LogP contribution >= 0.6 is 46.6 Å². The zero-order valence-corrected chi connectivity index (χ0v) is 25.3. The molecule has 1 saturated heterocycles. The number of halogens is 5. The number of amides is 3. The third-order valence-corrected chi connectivity index (χ3v) is 9.46. The lowest BCUT2D eigenvalue weighted by molar-refractivity contribution is 0.0740. The molecule has 1 fully saturated rings. The van der Waals surface area contributed by atoms with Crippen LogP contribution in [0.5, 0.6) is 0 Å². The van der Waals surface area contributed by atoms with E-state index in [4.69, 9.17) is 34.8 Å².